The summed E-state index contributed by atoms with van der Waals surface area (Å²) >= 11 is 0. The molecule has 0 saturated carbocycles. The summed E-state index contributed by atoms with van der Waals surface area (Å²) in [5, 5.41) is 0. The van der Waals surface area contributed by atoms with E-state index in [9.17, 15) is 4.79 Å². The van der Waals surface area contributed by atoms with Crippen molar-refractivity contribution in [2.75, 3.05) is 18.8 Å². The van der Waals surface area contributed by atoms with Gasteiger partial charge in [-0.1, -0.05) is 30.3 Å². The average Bonchev–Trinajstić information content (AvgIpc) is 3.26. The Bertz CT molecular complexity index is 1080. The van der Waals surface area contributed by atoms with Gasteiger partial charge in [0.25, 0.3) is 0 Å². The summed E-state index contributed by atoms with van der Waals surface area (Å²) in [6.07, 6.45) is 5.51. The Morgan fingerprint density at radius 3 is 2.58 bits per heavy atom. The molecule has 1 atom stereocenters. The van der Waals surface area contributed by atoms with Gasteiger partial charge in [-0.3, -0.25) is 14.7 Å². The number of amides is 1. The van der Waals surface area contributed by atoms with E-state index in [-0.39, 0.29) is 23.9 Å². The quantitative estimate of drug-likeness (QED) is 0.593. The molecule has 1 fully saturated rings. The van der Waals surface area contributed by atoms with E-state index >= 15 is 0 Å². The third kappa shape index (κ3) is 5.54. The molecule has 0 spiro atoms. The molecule has 0 aliphatic carbocycles. The maximum atomic E-state index is 13.3. The van der Waals surface area contributed by atoms with Gasteiger partial charge in [0.1, 0.15) is 0 Å². The SMILES string of the molecule is Cc1cc(-c2cnc(N)nc2)cc([C@H]2CCCN2CC(=O)N(Cc2ccccc2)C(C)C)n1. The number of aromatic nitrogens is 3. The van der Waals surface area contributed by atoms with Crippen molar-refractivity contribution in [3.8, 4) is 11.1 Å². The molecule has 0 radical (unpaired) electrons. The number of rotatable bonds is 7. The van der Waals surface area contributed by atoms with Crippen molar-refractivity contribution in [3.05, 3.63) is 71.8 Å². The van der Waals surface area contributed by atoms with Crippen LogP contribution in [0.25, 0.3) is 11.1 Å². The van der Waals surface area contributed by atoms with Crippen LogP contribution in [0, 0.1) is 6.92 Å². The maximum Gasteiger partial charge on any atom is 0.237 e. The number of anilines is 1. The summed E-state index contributed by atoms with van der Waals surface area (Å²) in [7, 11) is 0. The molecule has 3 aromatic rings. The summed E-state index contributed by atoms with van der Waals surface area (Å²) in [5.74, 6) is 0.413. The summed E-state index contributed by atoms with van der Waals surface area (Å²) in [4.78, 5) is 30.7. The van der Waals surface area contributed by atoms with Crippen molar-refractivity contribution in [2.45, 2.75) is 52.2 Å². The molecule has 2 aromatic heterocycles. The lowest BCUT2D eigenvalue weighted by Gasteiger charge is -2.31. The highest BCUT2D eigenvalue weighted by Crippen LogP contribution is 2.33. The van der Waals surface area contributed by atoms with Gasteiger partial charge in [-0.25, -0.2) is 9.97 Å². The third-order valence-corrected chi connectivity index (χ3v) is 6.16. The van der Waals surface area contributed by atoms with E-state index in [0.29, 0.717) is 13.1 Å². The number of carbonyl (C=O) groups excluding carboxylic acids is 1. The van der Waals surface area contributed by atoms with E-state index in [1.54, 1.807) is 12.4 Å². The monoisotopic (exact) mass is 444 g/mol. The zero-order chi connectivity index (χ0) is 23.4. The van der Waals surface area contributed by atoms with Crippen LogP contribution in [0.5, 0.6) is 0 Å². The number of nitrogens with zero attached hydrogens (tertiary/aromatic N) is 5. The predicted octanol–water partition coefficient (Wildman–Crippen LogP) is 4.00. The molecule has 172 valence electrons. The minimum Gasteiger partial charge on any atom is -0.368 e. The average molecular weight is 445 g/mol. The lowest BCUT2D eigenvalue weighted by atomic mass is 10.0. The van der Waals surface area contributed by atoms with Gasteiger partial charge in [0.15, 0.2) is 0 Å². The first-order valence-corrected chi connectivity index (χ1v) is 11.5. The van der Waals surface area contributed by atoms with Crippen LogP contribution in [-0.4, -0.2) is 49.8 Å². The van der Waals surface area contributed by atoms with Gasteiger partial charge >= 0.3 is 0 Å². The minimum absolute atomic E-state index is 0.119. The molecule has 2 N–H and O–H groups in total. The summed E-state index contributed by atoms with van der Waals surface area (Å²) in [6, 6.07) is 14.5. The number of hydrogen-bond donors (Lipinski definition) is 1. The van der Waals surface area contributed by atoms with E-state index in [2.05, 4.69) is 46.9 Å². The second kappa shape index (κ2) is 10.1. The second-order valence-electron chi connectivity index (χ2n) is 8.98. The molecule has 33 heavy (non-hydrogen) atoms. The predicted molar refractivity (Wildman–Crippen MR) is 130 cm³/mol. The van der Waals surface area contributed by atoms with Gasteiger partial charge < -0.3 is 10.6 Å². The fourth-order valence-corrected chi connectivity index (χ4v) is 4.47. The molecular weight excluding hydrogens is 412 g/mol. The molecule has 1 aliphatic heterocycles. The van der Waals surface area contributed by atoms with Gasteiger partial charge in [-0.2, -0.15) is 0 Å². The molecule has 0 bridgehead atoms. The van der Waals surface area contributed by atoms with Gasteiger partial charge in [0, 0.05) is 36.2 Å². The zero-order valence-electron chi connectivity index (χ0n) is 19.6. The van der Waals surface area contributed by atoms with Crippen LogP contribution in [0.2, 0.25) is 0 Å². The molecule has 7 nitrogen and oxygen atoms in total. The first-order chi connectivity index (χ1) is 15.9. The molecule has 0 unspecified atom stereocenters. The highest BCUT2D eigenvalue weighted by Gasteiger charge is 2.31. The lowest BCUT2D eigenvalue weighted by Crippen LogP contribution is -2.43. The first-order valence-electron chi connectivity index (χ1n) is 11.5. The van der Waals surface area contributed by atoms with Gasteiger partial charge in [0.2, 0.25) is 11.9 Å². The molecule has 1 amide bonds. The number of benzene rings is 1. The molecule has 1 aliphatic rings. The first kappa shape index (κ1) is 22.9. The lowest BCUT2D eigenvalue weighted by molar-refractivity contribution is -0.135. The smallest absolute Gasteiger partial charge is 0.237 e. The Labute approximate surface area is 195 Å². The Morgan fingerprint density at radius 1 is 1.15 bits per heavy atom. The van der Waals surface area contributed by atoms with Crippen LogP contribution >= 0.6 is 0 Å². The van der Waals surface area contributed by atoms with Crippen LogP contribution in [0.15, 0.2) is 54.9 Å². The van der Waals surface area contributed by atoms with Crippen molar-refractivity contribution in [3.63, 3.8) is 0 Å². The third-order valence-electron chi connectivity index (χ3n) is 6.16. The van der Waals surface area contributed by atoms with Crippen molar-refractivity contribution in [1.82, 2.24) is 24.8 Å². The Hall–Kier alpha value is -3.32. The fraction of sp³-hybridized carbons (Fsp3) is 0.385. The molecular formula is C26H32N6O. The van der Waals surface area contributed by atoms with Crippen LogP contribution in [-0.2, 0) is 11.3 Å². The normalized spacial score (nSPS) is 16.3. The highest BCUT2D eigenvalue weighted by atomic mass is 16.2. The van der Waals surface area contributed by atoms with Crippen LogP contribution in [0.1, 0.15) is 49.7 Å². The summed E-state index contributed by atoms with van der Waals surface area (Å²) in [5.41, 5.74) is 10.6. The molecule has 1 saturated heterocycles. The van der Waals surface area contributed by atoms with E-state index < -0.39 is 0 Å². The molecule has 3 heterocycles. The summed E-state index contributed by atoms with van der Waals surface area (Å²) < 4.78 is 0. The molecule has 4 rings (SSSR count). The van der Waals surface area contributed by atoms with E-state index in [1.165, 1.54) is 0 Å². The number of pyridine rings is 1. The van der Waals surface area contributed by atoms with E-state index in [1.807, 2.05) is 36.1 Å². The van der Waals surface area contributed by atoms with Crippen molar-refractivity contribution in [1.29, 1.82) is 0 Å². The summed E-state index contributed by atoms with van der Waals surface area (Å²) in [6.45, 7) is 8.06. The van der Waals surface area contributed by atoms with Crippen molar-refractivity contribution >= 4 is 11.9 Å². The molecule has 7 heteroatoms. The van der Waals surface area contributed by atoms with Gasteiger partial charge in [-0.15, -0.1) is 0 Å². The van der Waals surface area contributed by atoms with Crippen LogP contribution in [0.4, 0.5) is 5.95 Å². The Balaban J connectivity index is 1.52. The van der Waals surface area contributed by atoms with Crippen LogP contribution < -0.4 is 5.73 Å². The van der Waals surface area contributed by atoms with Crippen molar-refractivity contribution in [2.24, 2.45) is 0 Å². The Kier molecular flexibility index (Phi) is 6.99. The zero-order valence-corrected chi connectivity index (χ0v) is 19.6. The van der Waals surface area contributed by atoms with E-state index in [4.69, 9.17) is 10.7 Å². The number of hydrogen-bond acceptors (Lipinski definition) is 6. The van der Waals surface area contributed by atoms with Gasteiger partial charge in [0.05, 0.1) is 18.3 Å². The standard InChI is InChI=1S/C26H32N6O/c1-18(2)32(16-20-8-5-4-6-9-20)25(33)17-31-11-7-10-24(31)23-13-21(12-19(3)30-23)22-14-28-26(27)29-15-22/h4-6,8-9,12-15,18,24H,7,10-11,16-17H2,1-3H3,(H2,27,28,29)/t24-/m1/s1. The van der Waals surface area contributed by atoms with Gasteiger partial charge in [-0.05, 0) is 63.4 Å². The van der Waals surface area contributed by atoms with Crippen molar-refractivity contribution < 1.29 is 4.79 Å². The topological polar surface area (TPSA) is 88.2 Å². The molecule has 1 aromatic carbocycles. The number of aryl methyl sites for hydroxylation is 1. The largest absolute Gasteiger partial charge is 0.368 e. The Morgan fingerprint density at radius 2 is 1.88 bits per heavy atom. The highest BCUT2D eigenvalue weighted by molar-refractivity contribution is 5.78. The van der Waals surface area contributed by atoms with E-state index in [0.717, 1.165) is 47.5 Å². The number of nitrogens with two attached hydrogens (primary N) is 1. The minimum atomic E-state index is 0.119. The fourth-order valence-electron chi connectivity index (χ4n) is 4.47. The number of likely N-dealkylation sites (tertiary alicyclic amines) is 1. The number of nitrogen functional groups attached to an aromatic ring is 1. The second-order valence-corrected chi connectivity index (χ2v) is 8.98. The maximum absolute atomic E-state index is 13.3. The number of carbonyl (C=O) groups is 1. The van der Waals surface area contributed by atoms with Crippen LogP contribution in [0.3, 0.4) is 0 Å².